The van der Waals surface area contributed by atoms with Crippen LogP contribution in [0.5, 0.6) is 5.75 Å². The Labute approximate surface area is 202 Å². The van der Waals surface area contributed by atoms with Crippen LogP contribution >= 0.6 is 0 Å². The van der Waals surface area contributed by atoms with E-state index >= 15 is 0 Å². The van der Waals surface area contributed by atoms with E-state index < -0.39 is 11.6 Å². The predicted octanol–water partition coefficient (Wildman–Crippen LogP) is 8.80. The van der Waals surface area contributed by atoms with Crippen LogP contribution in [-0.2, 0) is 6.42 Å². The third-order valence-corrected chi connectivity index (χ3v) is 6.94. The molecule has 178 valence electrons. The van der Waals surface area contributed by atoms with Gasteiger partial charge in [0.05, 0.1) is 6.61 Å². The summed E-state index contributed by atoms with van der Waals surface area (Å²) in [6, 6.07) is 20.7. The van der Waals surface area contributed by atoms with Crippen LogP contribution < -0.4 is 4.74 Å². The zero-order valence-electron chi connectivity index (χ0n) is 20.2. The van der Waals surface area contributed by atoms with Crippen molar-refractivity contribution in [3.63, 3.8) is 0 Å². The summed E-state index contributed by atoms with van der Waals surface area (Å²) in [5, 5.41) is 0. The number of hydrogen-bond donors (Lipinski definition) is 0. The Hall–Kier alpha value is -2.94. The van der Waals surface area contributed by atoms with Crippen molar-refractivity contribution in [1.82, 2.24) is 0 Å². The van der Waals surface area contributed by atoms with Crippen LogP contribution in [-0.4, -0.2) is 6.61 Å². The molecule has 1 fully saturated rings. The molecule has 0 aromatic heterocycles. The summed E-state index contributed by atoms with van der Waals surface area (Å²) >= 11 is 0. The minimum Gasteiger partial charge on any atom is -0.491 e. The van der Waals surface area contributed by atoms with Crippen molar-refractivity contribution in [2.75, 3.05) is 6.61 Å². The molecule has 3 aromatic rings. The van der Waals surface area contributed by atoms with Gasteiger partial charge in [-0.1, -0.05) is 72.3 Å². The molecular formula is C31H34F2O. The number of hydrogen-bond acceptors (Lipinski definition) is 1. The van der Waals surface area contributed by atoms with Crippen LogP contribution in [0.1, 0.15) is 61.6 Å². The van der Waals surface area contributed by atoms with Crippen LogP contribution in [0.4, 0.5) is 8.78 Å². The SMILES string of the molecule is CCOc1ccc(C2CCC(C=CCCc3ccc(-c4ccc(C)cc4)cc3)CC2)c(F)c1F. The highest BCUT2D eigenvalue weighted by Gasteiger charge is 2.25. The second-order valence-corrected chi connectivity index (χ2v) is 9.36. The summed E-state index contributed by atoms with van der Waals surface area (Å²) in [5.41, 5.74) is 5.62. The standard InChI is InChI=1S/C31H34F2O/c1-3-34-29-21-20-28(30(32)31(29)33)27-18-12-24(13-19-27)7-5-4-6-23-10-16-26(17-11-23)25-14-8-22(2)9-15-25/h5,7-11,14-17,20-21,24,27H,3-4,6,12-13,18-19H2,1-2H3. The summed E-state index contributed by atoms with van der Waals surface area (Å²) in [6.07, 6.45) is 10.5. The van der Waals surface area contributed by atoms with E-state index in [1.54, 1.807) is 19.1 Å². The lowest BCUT2D eigenvalue weighted by molar-refractivity contribution is 0.310. The van der Waals surface area contributed by atoms with Gasteiger partial charge < -0.3 is 4.74 Å². The van der Waals surface area contributed by atoms with Gasteiger partial charge in [0.15, 0.2) is 11.6 Å². The summed E-state index contributed by atoms with van der Waals surface area (Å²) in [7, 11) is 0. The van der Waals surface area contributed by atoms with Crippen molar-refractivity contribution in [2.24, 2.45) is 5.92 Å². The molecule has 0 bridgehead atoms. The summed E-state index contributed by atoms with van der Waals surface area (Å²) < 4.78 is 34.0. The van der Waals surface area contributed by atoms with Crippen LogP contribution in [0, 0.1) is 24.5 Å². The number of benzene rings is 3. The first kappa shape index (κ1) is 24.2. The van der Waals surface area contributed by atoms with Crippen molar-refractivity contribution in [2.45, 2.75) is 58.3 Å². The van der Waals surface area contributed by atoms with Crippen LogP contribution in [0.15, 0.2) is 72.8 Å². The Bertz CT molecular complexity index is 1090. The molecule has 0 radical (unpaired) electrons. The zero-order chi connectivity index (χ0) is 23.9. The molecule has 1 aliphatic rings. The quantitative estimate of drug-likeness (QED) is 0.305. The molecule has 1 saturated carbocycles. The van der Waals surface area contributed by atoms with E-state index in [2.05, 4.69) is 67.6 Å². The second-order valence-electron chi connectivity index (χ2n) is 9.36. The number of halogens is 2. The highest BCUT2D eigenvalue weighted by atomic mass is 19.2. The average Bonchev–Trinajstić information content (AvgIpc) is 2.86. The fourth-order valence-electron chi connectivity index (χ4n) is 4.90. The van der Waals surface area contributed by atoms with Gasteiger partial charge in [-0.3, -0.25) is 0 Å². The Balaban J connectivity index is 1.24. The Kier molecular flexibility index (Phi) is 8.16. The first-order valence-corrected chi connectivity index (χ1v) is 12.5. The summed E-state index contributed by atoms with van der Waals surface area (Å²) in [4.78, 5) is 0. The van der Waals surface area contributed by atoms with Gasteiger partial charge in [0.1, 0.15) is 0 Å². The summed E-state index contributed by atoms with van der Waals surface area (Å²) in [6.45, 7) is 4.20. The topological polar surface area (TPSA) is 9.23 Å². The molecular weight excluding hydrogens is 426 g/mol. The Morgan fingerprint density at radius 1 is 0.824 bits per heavy atom. The van der Waals surface area contributed by atoms with Gasteiger partial charge in [0.2, 0.25) is 5.82 Å². The van der Waals surface area contributed by atoms with E-state index in [0.717, 1.165) is 38.5 Å². The maximum absolute atomic E-state index is 14.5. The molecule has 0 unspecified atom stereocenters. The Morgan fingerprint density at radius 3 is 2.12 bits per heavy atom. The molecule has 1 aliphatic carbocycles. The first-order valence-electron chi connectivity index (χ1n) is 12.5. The third-order valence-electron chi connectivity index (χ3n) is 6.94. The van der Waals surface area contributed by atoms with E-state index in [-0.39, 0.29) is 11.7 Å². The average molecular weight is 461 g/mol. The summed E-state index contributed by atoms with van der Waals surface area (Å²) in [5.74, 6) is -0.977. The van der Waals surface area contributed by atoms with E-state index in [1.807, 2.05) is 0 Å². The second kappa shape index (κ2) is 11.5. The molecule has 3 heteroatoms. The van der Waals surface area contributed by atoms with Gasteiger partial charge in [0.25, 0.3) is 0 Å². The maximum Gasteiger partial charge on any atom is 0.200 e. The number of ether oxygens (including phenoxy) is 1. The molecule has 4 rings (SSSR count). The number of rotatable bonds is 8. The minimum atomic E-state index is -0.853. The molecule has 0 amide bonds. The van der Waals surface area contributed by atoms with Crippen molar-refractivity contribution in [1.29, 1.82) is 0 Å². The lowest BCUT2D eigenvalue weighted by Gasteiger charge is -2.27. The van der Waals surface area contributed by atoms with E-state index in [4.69, 9.17) is 4.74 Å². The molecule has 0 saturated heterocycles. The lowest BCUT2D eigenvalue weighted by atomic mass is 9.78. The predicted molar refractivity (Wildman–Crippen MR) is 136 cm³/mol. The van der Waals surface area contributed by atoms with Gasteiger partial charge >= 0.3 is 0 Å². The number of allylic oxidation sites excluding steroid dienone is 2. The van der Waals surface area contributed by atoms with Crippen molar-refractivity contribution in [3.05, 3.63) is 101 Å². The molecule has 34 heavy (non-hydrogen) atoms. The van der Waals surface area contributed by atoms with Crippen molar-refractivity contribution in [3.8, 4) is 16.9 Å². The minimum absolute atomic E-state index is 0.00478. The van der Waals surface area contributed by atoms with Crippen molar-refractivity contribution >= 4 is 0 Å². The smallest absolute Gasteiger partial charge is 0.200 e. The molecule has 0 N–H and O–H groups in total. The van der Waals surface area contributed by atoms with E-state index in [0.29, 0.717) is 18.1 Å². The fourth-order valence-corrected chi connectivity index (χ4v) is 4.90. The van der Waals surface area contributed by atoms with Crippen molar-refractivity contribution < 1.29 is 13.5 Å². The maximum atomic E-state index is 14.5. The molecule has 0 heterocycles. The molecule has 1 nitrogen and oxygen atoms in total. The monoisotopic (exact) mass is 460 g/mol. The van der Waals surface area contributed by atoms with Gasteiger partial charge in [-0.2, -0.15) is 4.39 Å². The molecule has 0 atom stereocenters. The van der Waals surface area contributed by atoms with Gasteiger partial charge in [-0.05, 0) is 92.5 Å². The van der Waals surface area contributed by atoms with E-state index in [9.17, 15) is 8.78 Å². The molecule has 0 aliphatic heterocycles. The Morgan fingerprint density at radius 2 is 1.47 bits per heavy atom. The van der Waals surface area contributed by atoms with Gasteiger partial charge in [-0.25, -0.2) is 4.39 Å². The van der Waals surface area contributed by atoms with E-state index in [1.165, 1.54) is 22.3 Å². The highest BCUT2D eigenvalue weighted by Crippen LogP contribution is 2.39. The lowest BCUT2D eigenvalue weighted by Crippen LogP contribution is -2.14. The van der Waals surface area contributed by atoms with Crippen LogP contribution in [0.2, 0.25) is 0 Å². The van der Waals surface area contributed by atoms with Crippen LogP contribution in [0.25, 0.3) is 11.1 Å². The largest absolute Gasteiger partial charge is 0.491 e. The normalized spacial score (nSPS) is 18.4. The molecule has 3 aromatic carbocycles. The molecule has 0 spiro atoms. The van der Waals surface area contributed by atoms with Crippen LogP contribution in [0.3, 0.4) is 0 Å². The highest BCUT2D eigenvalue weighted by molar-refractivity contribution is 5.63. The third kappa shape index (κ3) is 5.94. The van der Waals surface area contributed by atoms with Gasteiger partial charge in [-0.15, -0.1) is 0 Å². The zero-order valence-corrected chi connectivity index (χ0v) is 20.2. The number of aryl methyl sites for hydroxylation is 2. The van der Waals surface area contributed by atoms with Gasteiger partial charge in [0, 0.05) is 0 Å². The fraction of sp³-hybridized carbons (Fsp3) is 0.355. The first-order chi connectivity index (χ1) is 16.5.